The van der Waals surface area contributed by atoms with E-state index in [0.29, 0.717) is 6.04 Å². The van der Waals surface area contributed by atoms with Crippen LogP contribution in [0, 0.1) is 6.92 Å². The zero-order valence-electron chi connectivity index (χ0n) is 15.7. The summed E-state index contributed by atoms with van der Waals surface area (Å²) in [6.45, 7) is 3.93. The topological polar surface area (TPSA) is 59.8 Å². The van der Waals surface area contributed by atoms with E-state index in [9.17, 15) is 4.79 Å². The van der Waals surface area contributed by atoms with Crippen LogP contribution in [0.15, 0.2) is 45.3 Å². The predicted octanol–water partition coefficient (Wildman–Crippen LogP) is 5.46. The van der Waals surface area contributed by atoms with Gasteiger partial charge in [-0.1, -0.05) is 23.9 Å². The van der Waals surface area contributed by atoms with E-state index in [1.165, 1.54) is 16.6 Å². The summed E-state index contributed by atoms with van der Waals surface area (Å²) in [4.78, 5) is 14.0. The van der Waals surface area contributed by atoms with Crippen LogP contribution in [0.4, 0.5) is 5.69 Å². The number of hydrogen-bond acceptors (Lipinski definition) is 5. The third-order valence-electron chi connectivity index (χ3n) is 4.59. The highest BCUT2D eigenvalue weighted by molar-refractivity contribution is 9.10. The Hall–Kier alpha value is -1.64. The van der Waals surface area contributed by atoms with Crippen molar-refractivity contribution in [3.8, 4) is 0 Å². The lowest BCUT2D eigenvalue weighted by Gasteiger charge is -2.14. The minimum absolute atomic E-state index is 0.0419. The molecule has 1 fully saturated rings. The lowest BCUT2D eigenvalue weighted by atomic mass is 10.2. The number of aromatic nitrogens is 3. The van der Waals surface area contributed by atoms with E-state index in [-0.39, 0.29) is 11.2 Å². The molecule has 0 radical (unpaired) electrons. The molecule has 8 heteroatoms. The Labute approximate surface area is 181 Å². The van der Waals surface area contributed by atoms with Crippen molar-refractivity contribution in [2.75, 3.05) is 5.32 Å². The number of aryl methyl sites for hydroxylation is 1. The first-order valence-corrected chi connectivity index (χ1v) is 11.8. The SMILES string of the molecule is Cc1ccc(NC(=O)C(C)Sc2nnc(Cc3cccs3)n2C2CC2)c(Br)c1. The fraction of sp³-hybridized carbons (Fsp3) is 0.350. The normalized spacial score (nSPS) is 14.8. The molecule has 28 heavy (non-hydrogen) atoms. The Morgan fingerprint density at radius 1 is 1.39 bits per heavy atom. The van der Waals surface area contributed by atoms with Gasteiger partial charge in [-0.2, -0.15) is 0 Å². The number of nitrogens with zero attached hydrogens (tertiary/aromatic N) is 3. The fourth-order valence-electron chi connectivity index (χ4n) is 2.94. The van der Waals surface area contributed by atoms with E-state index >= 15 is 0 Å². The standard InChI is InChI=1S/C20H21BrN4OS2/c1-12-5-8-17(16(21)10-12)22-19(26)13(2)28-20-24-23-18(25(20)14-6-7-14)11-15-4-3-9-27-15/h3-5,8-10,13-14H,6-7,11H2,1-2H3,(H,22,26). The number of carbonyl (C=O) groups excluding carboxylic acids is 1. The number of thiophene rings is 1. The minimum Gasteiger partial charge on any atom is -0.324 e. The van der Waals surface area contributed by atoms with Gasteiger partial charge in [0.15, 0.2) is 5.16 Å². The van der Waals surface area contributed by atoms with Gasteiger partial charge < -0.3 is 9.88 Å². The number of halogens is 1. The van der Waals surface area contributed by atoms with E-state index in [2.05, 4.69) is 53.5 Å². The number of hydrogen-bond donors (Lipinski definition) is 1. The van der Waals surface area contributed by atoms with Gasteiger partial charge in [0.1, 0.15) is 5.82 Å². The van der Waals surface area contributed by atoms with Crippen molar-refractivity contribution in [1.82, 2.24) is 14.8 Å². The molecule has 1 aliphatic carbocycles. The van der Waals surface area contributed by atoms with Crippen molar-refractivity contribution in [3.05, 3.63) is 56.4 Å². The molecule has 0 aliphatic heterocycles. The highest BCUT2D eigenvalue weighted by atomic mass is 79.9. The zero-order chi connectivity index (χ0) is 19.7. The van der Waals surface area contributed by atoms with Gasteiger partial charge in [-0.25, -0.2) is 0 Å². The van der Waals surface area contributed by atoms with Gasteiger partial charge in [0.25, 0.3) is 0 Å². The van der Waals surface area contributed by atoms with Gasteiger partial charge in [-0.15, -0.1) is 21.5 Å². The summed E-state index contributed by atoms with van der Waals surface area (Å²) >= 11 is 6.72. The van der Waals surface area contributed by atoms with E-state index < -0.39 is 0 Å². The average Bonchev–Trinajstić information content (AvgIpc) is 3.22. The van der Waals surface area contributed by atoms with Gasteiger partial charge in [-0.05, 0) is 71.8 Å². The van der Waals surface area contributed by atoms with Crippen molar-refractivity contribution >= 4 is 50.6 Å². The molecule has 0 spiro atoms. The van der Waals surface area contributed by atoms with Crippen molar-refractivity contribution < 1.29 is 4.79 Å². The van der Waals surface area contributed by atoms with Gasteiger partial charge in [0.05, 0.1) is 10.9 Å². The van der Waals surface area contributed by atoms with Gasteiger partial charge in [0, 0.05) is 21.8 Å². The third-order valence-corrected chi connectivity index (χ3v) is 7.18. The number of amides is 1. The van der Waals surface area contributed by atoms with Gasteiger partial charge >= 0.3 is 0 Å². The van der Waals surface area contributed by atoms with E-state index in [1.54, 1.807) is 11.3 Å². The van der Waals surface area contributed by atoms with Crippen LogP contribution >= 0.6 is 39.0 Å². The lowest BCUT2D eigenvalue weighted by molar-refractivity contribution is -0.115. The quantitative estimate of drug-likeness (QED) is 0.460. The number of thioether (sulfide) groups is 1. The van der Waals surface area contributed by atoms with E-state index in [0.717, 1.165) is 46.0 Å². The second-order valence-corrected chi connectivity index (χ2v) is 10.2. The fourth-order valence-corrected chi connectivity index (χ4v) is 5.18. The number of carbonyl (C=O) groups is 1. The largest absolute Gasteiger partial charge is 0.324 e. The zero-order valence-corrected chi connectivity index (χ0v) is 18.9. The summed E-state index contributed by atoms with van der Waals surface area (Å²) in [5.41, 5.74) is 1.92. The number of benzene rings is 1. The average molecular weight is 477 g/mol. The van der Waals surface area contributed by atoms with Crippen LogP contribution in [-0.4, -0.2) is 25.9 Å². The molecule has 5 nitrogen and oxygen atoms in total. The van der Waals surface area contributed by atoms with Crippen LogP contribution in [0.2, 0.25) is 0 Å². The van der Waals surface area contributed by atoms with Crippen LogP contribution < -0.4 is 5.32 Å². The Morgan fingerprint density at radius 2 is 2.21 bits per heavy atom. The molecule has 1 aromatic carbocycles. The monoisotopic (exact) mass is 476 g/mol. The first-order valence-electron chi connectivity index (χ1n) is 9.21. The molecule has 2 heterocycles. The minimum atomic E-state index is -0.274. The summed E-state index contributed by atoms with van der Waals surface area (Å²) in [6.07, 6.45) is 3.10. The Balaban J connectivity index is 1.47. The van der Waals surface area contributed by atoms with Crippen molar-refractivity contribution in [2.45, 2.75) is 49.6 Å². The van der Waals surface area contributed by atoms with Crippen molar-refractivity contribution in [3.63, 3.8) is 0 Å². The maximum atomic E-state index is 12.7. The molecule has 1 amide bonds. The number of rotatable bonds is 7. The molecule has 1 N–H and O–H groups in total. The molecule has 146 valence electrons. The van der Waals surface area contributed by atoms with E-state index in [1.807, 2.05) is 32.0 Å². The number of anilines is 1. The van der Waals surface area contributed by atoms with Gasteiger partial charge in [0.2, 0.25) is 5.91 Å². The molecule has 4 rings (SSSR count). The summed E-state index contributed by atoms with van der Waals surface area (Å²) in [6, 6.07) is 10.5. The molecular formula is C20H21BrN4OS2. The number of nitrogens with one attached hydrogen (secondary N) is 1. The Kier molecular flexibility index (Phi) is 5.89. The molecule has 2 aromatic heterocycles. The lowest BCUT2D eigenvalue weighted by Crippen LogP contribution is -2.23. The summed E-state index contributed by atoms with van der Waals surface area (Å²) in [5, 5.41) is 14.5. The van der Waals surface area contributed by atoms with E-state index in [4.69, 9.17) is 0 Å². The van der Waals surface area contributed by atoms with Crippen LogP contribution in [0.3, 0.4) is 0 Å². The molecule has 0 saturated heterocycles. The molecule has 1 unspecified atom stereocenters. The first-order chi connectivity index (χ1) is 13.5. The third kappa shape index (κ3) is 4.50. The molecule has 0 bridgehead atoms. The first kappa shape index (κ1) is 19.7. The summed E-state index contributed by atoms with van der Waals surface area (Å²) in [5.74, 6) is 0.945. The Morgan fingerprint density at radius 3 is 2.89 bits per heavy atom. The predicted molar refractivity (Wildman–Crippen MR) is 118 cm³/mol. The van der Waals surface area contributed by atoms with Crippen molar-refractivity contribution in [1.29, 1.82) is 0 Å². The maximum Gasteiger partial charge on any atom is 0.237 e. The maximum absolute atomic E-state index is 12.7. The van der Waals surface area contributed by atoms with Crippen molar-refractivity contribution in [2.24, 2.45) is 0 Å². The van der Waals surface area contributed by atoms with Crippen LogP contribution in [-0.2, 0) is 11.2 Å². The highest BCUT2D eigenvalue weighted by Gasteiger charge is 2.31. The molecule has 1 aliphatic rings. The summed E-state index contributed by atoms with van der Waals surface area (Å²) < 4.78 is 3.12. The molecule has 3 aromatic rings. The second-order valence-electron chi connectivity index (χ2n) is 6.99. The van der Waals surface area contributed by atoms with Gasteiger partial charge in [-0.3, -0.25) is 4.79 Å². The molecule has 1 saturated carbocycles. The molecular weight excluding hydrogens is 456 g/mol. The molecule has 1 atom stereocenters. The Bertz CT molecular complexity index is 982. The van der Waals surface area contributed by atoms with Crippen LogP contribution in [0.25, 0.3) is 0 Å². The van der Waals surface area contributed by atoms with Crippen LogP contribution in [0.5, 0.6) is 0 Å². The smallest absolute Gasteiger partial charge is 0.237 e. The summed E-state index contributed by atoms with van der Waals surface area (Å²) in [7, 11) is 0. The highest BCUT2D eigenvalue weighted by Crippen LogP contribution is 2.40. The second kappa shape index (κ2) is 8.39. The van der Waals surface area contributed by atoms with Crippen LogP contribution in [0.1, 0.15) is 42.1 Å².